The van der Waals surface area contributed by atoms with Crippen molar-refractivity contribution < 1.29 is 44.0 Å². The minimum atomic E-state index is -2.63. The Balaban J connectivity index is 1.88. The SMILES string of the molecule is CC(O)(C(=O)O)[C@]1(C(=O)C(O)CC(=O)O)CC[C@H]2[C@@H]3C[C@@H](F)C4=CC(=O)C(Cl)=C[C@]4(C)C3=CC[C@@]21C. The van der Waals surface area contributed by atoms with Crippen LogP contribution in [0.2, 0.25) is 0 Å². The smallest absolute Gasteiger partial charge is 0.336 e. The van der Waals surface area contributed by atoms with Gasteiger partial charge in [-0.25, -0.2) is 9.18 Å². The van der Waals surface area contributed by atoms with E-state index in [-0.39, 0.29) is 30.7 Å². The Morgan fingerprint density at radius 2 is 1.89 bits per heavy atom. The highest BCUT2D eigenvalue weighted by molar-refractivity contribution is 6.44. The highest BCUT2D eigenvalue weighted by atomic mass is 35.5. The van der Waals surface area contributed by atoms with Crippen LogP contribution in [0.1, 0.15) is 52.9 Å². The molecule has 8 nitrogen and oxygen atoms in total. The summed E-state index contributed by atoms with van der Waals surface area (Å²) in [4.78, 5) is 49.4. The third kappa shape index (κ3) is 3.32. The van der Waals surface area contributed by atoms with E-state index in [4.69, 9.17) is 16.7 Å². The second kappa shape index (κ2) is 8.33. The van der Waals surface area contributed by atoms with Crippen molar-refractivity contribution in [2.75, 3.05) is 0 Å². The summed E-state index contributed by atoms with van der Waals surface area (Å²) in [7, 11) is 0. The van der Waals surface area contributed by atoms with Crippen molar-refractivity contribution in [1.29, 1.82) is 0 Å². The number of carboxylic acids is 2. The summed E-state index contributed by atoms with van der Waals surface area (Å²) >= 11 is 6.15. The molecule has 0 spiro atoms. The molecule has 4 aliphatic rings. The molecule has 0 aromatic rings. The van der Waals surface area contributed by atoms with E-state index in [1.165, 1.54) is 12.2 Å². The minimum absolute atomic E-state index is 0.00339. The minimum Gasteiger partial charge on any atom is -0.481 e. The highest BCUT2D eigenvalue weighted by Gasteiger charge is 2.73. The molecule has 2 unspecified atom stereocenters. The average Bonchev–Trinajstić information content (AvgIpc) is 3.09. The lowest BCUT2D eigenvalue weighted by Crippen LogP contribution is -2.65. The Labute approximate surface area is 212 Å². The topological polar surface area (TPSA) is 149 Å². The van der Waals surface area contributed by atoms with Gasteiger partial charge in [-0.05, 0) is 74.5 Å². The molecule has 10 heteroatoms. The third-order valence-electron chi connectivity index (χ3n) is 9.53. The zero-order chi connectivity index (χ0) is 27.0. The van der Waals surface area contributed by atoms with Crippen LogP contribution in [0.3, 0.4) is 0 Å². The van der Waals surface area contributed by atoms with E-state index in [1.54, 1.807) is 13.8 Å². The van der Waals surface area contributed by atoms with Crippen molar-refractivity contribution in [3.8, 4) is 0 Å². The van der Waals surface area contributed by atoms with Gasteiger partial charge in [0.2, 0.25) is 0 Å². The van der Waals surface area contributed by atoms with Crippen molar-refractivity contribution in [3.63, 3.8) is 0 Å². The average molecular weight is 525 g/mol. The number of fused-ring (bicyclic) bond motifs is 5. The predicted molar refractivity (Wildman–Crippen MR) is 126 cm³/mol. The van der Waals surface area contributed by atoms with Crippen molar-refractivity contribution in [1.82, 2.24) is 0 Å². The lowest BCUT2D eigenvalue weighted by Gasteiger charge is -2.57. The Hall–Kier alpha value is -2.36. The number of carboxylic acid groups (broad SMARTS) is 2. The first kappa shape index (κ1) is 26.7. The number of carbonyl (C=O) groups excluding carboxylic acids is 2. The third-order valence-corrected chi connectivity index (χ3v) is 9.82. The Kier molecular flexibility index (Phi) is 6.18. The van der Waals surface area contributed by atoms with E-state index in [0.29, 0.717) is 5.57 Å². The van der Waals surface area contributed by atoms with E-state index in [0.717, 1.165) is 12.5 Å². The van der Waals surface area contributed by atoms with E-state index in [9.17, 15) is 34.5 Å². The van der Waals surface area contributed by atoms with Gasteiger partial charge in [0.1, 0.15) is 12.3 Å². The molecule has 0 saturated heterocycles. The molecule has 0 aliphatic heterocycles. The van der Waals surface area contributed by atoms with Crippen LogP contribution in [-0.4, -0.2) is 61.8 Å². The number of rotatable bonds is 6. The lowest BCUT2D eigenvalue weighted by atomic mass is 9.46. The molecule has 0 bridgehead atoms. The fourth-order valence-corrected chi connectivity index (χ4v) is 8.07. The molecular weight excluding hydrogens is 495 g/mol. The first-order valence-corrected chi connectivity index (χ1v) is 12.3. The van der Waals surface area contributed by atoms with Crippen molar-refractivity contribution in [3.05, 3.63) is 34.4 Å². The van der Waals surface area contributed by atoms with Crippen LogP contribution in [0.4, 0.5) is 4.39 Å². The van der Waals surface area contributed by atoms with Gasteiger partial charge >= 0.3 is 11.9 Å². The number of Topliss-reactive ketones (excluding diaryl/α,β-unsaturated/α-hetero) is 1. The number of carbonyl (C=O) groups is 4. The molecule has 0 aromatic heterocycles. The number of aliphatic carboxylic acids is 2. The fourth-order valence-electron chi connectivity index (χ4n) is 7.79. The van der Waals surface area contributed by atoms with E-state index in [2.05, 4.69) is 0 Å². The maximum absolute atomic E-state index is 15.6. The van der Waals surface area contributed by atoms with E-state index < -0.39 is 75.9 Å². The predicted octanol–water partition coefficient (Wildman–Crippen LogP) is 2.96. The summed E-state index contributed by atoms with van der Waals surface area (Å²) < 4.78 is 15.6. The Morgan fingerprint density at radius 3 is 2.47 bits per heavy atom. The van der Waals surface area contributed by atoms with E-state index >= 15 is 4.39 Å². The van der Waals surface area contributed by atoms with E-state index in [1.807, 2.05) is 6.08 Å². The lowest BCUT2D eigenvalue weighted by molar-refractivity contribution is -0.197. The van der Waals surface area contributed by atoms with Crippen LogP contribution in [0, 0.1) is 28.1 Å². The molecule has 2 fully saturated rings. The van der Waals surface area contributed by atoms with Crippen molar-refractivity contribution in [2.24, 2.45) is 28.1 Å². The van der Waals surface area contributed by atoms with Gasteiger partial charge in [0, 0.05) is 5.41 Å². The maximum Gasteiger partial charge on any atom is 0.336 e. The zero-order valence-corrected chi connectivity index (χ0v) is 21.0. The molecular formula is C26H30ClFO8. The van der Waals surface area contributed by atoms with Crippen molar-refractivity contribution >= 4 is 35.1 Å². The molecule has 4 aliphatic carbocycles. The summed E-state index contributed by atoms with van der Waals surface area (Å²) in [5, 5.41) is 40.9. The molecule has 8 atom stereocenters. The molecule has 4 N–H and O–H groups in total. The fraction of sp³-hybridized carbons (Fsp3) is 0.615. The molecule has 196 valence electrons. The molecule has 2 saturated carbocycles. The van der Waals surface area contributed by atoms with Crippen LogP contribution < -0.4 is 0 Å². The van der Waals surface area contributed by atoms with Gasteiger partial charge in [0.05, 0.1) is 16.9 Å². The summed E-state index contributed by atoms with van der Waals surface area (Å²) in [5.74, 6) is -5.52. The molecule has 0 aromatic carbocycles. The van der Waals surface area contributed by atoms with Crippen LogP contribution >= 0.6 is 11.6 Å². The Bertz CT molecular complexity index is 1150. The monoisotopic (exact) mass is 524 g/mol. The maximum atomic E-state index is 15.6. The van der Waals surface area contributed by atoms with Gasteiger partial charge in [-0.2, -0.15) is 0 Å². The zero-order valence-electron chi connectivity index (χ0n) is 20.3. The number of ketones is 2. The number of hydrogen-bond donors (Lipinski definition) is 4. The second-order valence-corrected chi connectivity index (χ2v) is 11.6. The molecule has 0 radical (unpaired) electrons. The van der Waals surface area contributed by atoms with Gasteiger partial charge in [-0.15, -0.1) is 0 Å². The molecule has 0 heterocycles. The summed E-state index contributed by atoms with van der Waals surface area (Å²) in [6.45, 7) is 4.44. The summed E-state index contributed by atoms with van der Waals surface area (Å²) in [5.41, 5.74) is -5.72. The number of aliphatic hydroxyl groups excluding tert-OH is 1. The molecule has 36 heavy (non-hydrogen) atoms. The van der Waals surface area contributed by atoms with Gasteiger partial charge in [0.25, 0.3) is 0 Å². The quantitative estimate of drug-likeness (QED) is 0.387. The highest BCUT2D eigenvalue weighted by Crippen LogP contribution is 2.71. The first-order chi connectivity index (χ1) is 16.5. The number of halogens is 2. The van der Waals surface area contributed by atoms with Crippen LogP contribution in [-0.2, 0) is 19.2 Å². The number of allylic oxidation sites excluding steroid dienone is 6. The largest absolute Gasteiger partial charge is 0.481 e. The van der Waals surface area contributed by atoms with Crippen LogP contribution in [0.5, 0.6) is 0 Å². The number of alkyl halides is 1. The van der Waals surface area contributed by atoms with Gasteiger partial charge < -0.3 is 20.4 Å². The molecule has 0 amide bonds. The van der Waals surface area contributed by atoms with Crippen LogP contribution in [0.15, 0.2) is 34.4 Å². The van der Waals surface area contributed by atoms with Crippen LogP contribution in [0.25, 0.3) is 0 Å². The van der Waals surface area contributed by atoms with Gasteiger partial charge in [0.15, 0.2) is 17.2 Å². The number of hydrogen-bond acceptors (Lipinski definition) is 6. The summed E-state index contributed by atoms with van der Waals surface area (Å²) in [6.07, 6.45) is 0.414. The van der Waals surface area contributed by atoms with Crippen molar-refractivity contribution in [2.45, 2.75) is 70.8 Å². The molecule has 4 rings (SSSR count). The Morgan fingerprint density at radius 1 is 1.25 bits per heavy atom. The normalized spacial score (nSPS) is 39.9. The number of aliphatic hydroxyl groups is 2. The first-order valence-electron chi connectivity index (χ1n) is 11.9. The standard InChI is InChI=1S/C26H30ClFO8/c1-23-11-16(27)18(29)9-15(23)17(28)8-12-13(23)4-6-24(2)14(12)5-7-26(24,25(3,36)22(34)35)21(33)19(30)10-20(31)32/h4,9,11-12,14,17,19,30,36H,5-8,10H2,1-3H3,(H,31,32)(H,34,35)/t12-,14+,17-,19?,23-,24+,25?,26+/m1/s1. The second-order valence-electron chi connectivity index (χ2n) is 11.2. The van der Waals surface area contributed by atoms with Gasteiger partial charge in [-0.1, -0.05) is 30.2 Å². The van der Waals surface area contributed by atoms with Gasteiger partial charge in [-0.3, -0.25) is 14.4 Å². The summed E-state index contributed by atoms with van der Waals surface area (Å²) in [6, 6.07) is 0.